The summed E-state index contributed by atoms with van der Waals surface area (Å²) in [7, 11) is -3.76. The van der Waals surface area contributed by atoms with Crippen molar-refractivity contribution >= 4 is 33.6 Å². The normalized spacial score (nSPS) is 19.1. The third kappa shape index (κ3) is 4.07. The van der Waals surface area contributed by atoms with Crippen LogP contribution in [0.15, 0.2) is 58.1 Å². The number of nitrogens with two attached hydrogens (primary N) is 1. The second-order valence-electron chi connectivity index (χ2n) is 6.38. The van der Waals surface area contributed by atoms with Gasteiger partial charge >= 0.3 is 0 Å². The van der Waals surface area contributed by atoms with Gasteiger partial charge in [-0.2, -0.15) is 4.99 Å². The SMILES string of the molecule is CC1=CC2=NC(=O)C(C(=O)NCCc3ccc(S(N)(=O)=O)cc3)C(=O)N2C=C1. The van der Waals surface area contributed by atoms with E-state index in [-0.39, 0.29) is 17.3 Å². The summed E-state index contributed by atoms with van der Waals surface area (Å²) in [4.78, 5) is 42.0. The van der Waals surface area contributed by atoms with Crippen LogP contribution in [0.5, 0.6) is 0 Å². The first kappa shape index (κ1) is 19.6. The average molecular weight is 402 g/mol. The highest BCUT2D eigenvalue weighted by Crippen LogP contribution is 2.19. The Hall–Kier alpha value is -3.11. The number of allylic oxidation sites excluding steroid dienone is 2. The molecule has 0 aliphatic carbocycles. The Bertz CT molecular complexity index is 1040. The molecule has 10 heteroatoms. The molecule has 2 aliphatic rings. The van der Waals surface area contributed by atoms with E-state index < -0.39 is 33.7 Å². The van der Waals surface area contributed by atoms with Crippen LogP contribution in [-0.4, -0.2) is 43.4 Å². The molecule has 2 aliphatic heterocycles. The number of fused-ring (bicyclic) bond motifs is 1. The number of benzene rings is 1. The molecule has 2 heterocycles. The summed E-state index contributed by atoms with van der Waals surface area (Å²) in [6, 6.07) is 5.89. The van der Waals surface area contributed by atoms with Gasteiger partial charge in [-0.05, 0) is 48.8 Å². The van der Waals surface area contributed by atoms with Crippen molar-refractivity contribution in [1.82, 2.24) is 10.2 Å². The zero-order valence-electron chi connectivity index (χ0n) is 15.0. The predicted molar refractivity (Wildman–Crippen MR) is 100 cm³/mol. The fourth-order valence-electron chi connectivity index (χ4n) is 2.79. The molecule has 0 bridgehead atoms. The molecule has 3 N–H and O–H groups in total. The number of primary sulfonamides is 1. The lowest BCUT2D eigenvalue weighted by atomic mass is 10.0. The van der Waals surface area contributed by atoms with Crippen molar-refractivity contribution in [3.63, 3.8) is 0 Å². The number of amides is 3. The topological polar surface area (TPSA) is 139 Å². The quantitative estimate of drug-likeness (QED) is 0.660. The van der Waals surface area contributed by atoms with Crippen LogP contribution in [0.25, 0.3) is 0 Å². The van der Waals surface area contributed by atoms with E-state index in [2.05, 4.69) is 10.3 Å². The fraction of sp³-hybridized carbons (Fsp3) is 0.222. The third-order valence-electron chi connectivity index (χ3n) is 4.27. The summed E-state index contributed by atoms with van der Waals surface area (Å²) in [6.45, 7) is 1.97. The van der Waals surface area contributed by atoms with Gasteiger partial charge in [-0.15, -0.1) is 0 Å². The number of nitrogens with zero attached hydrogens (tertiary/aromatic N) is 2. The predicted octanol–water partition coefficient (Wildman–Crippen LogP) is -0.150. The van der Waals surface area contributed by atoms with Gasteiger partial charge in [0.1, 0.15) is 5.84 Å². The van der Waals surface area contributed by atoms with Gasteiger partial charge in [0, 0.05) is 12.7 Å². The number of hydrogen-bond donors (Lipinski definition) is 2. The van der Waals surface area contributed by atoms with Crippen molar-refractivity contribution < 1.29 is 22.8 Å². The summed E-state index contributed by atoms with van der Waals surface area (Å²) in [5, 5.41) is 7.59. The molecule has 1 atom stereocenters. The van der Waals surface area contributed by atoms with Crippen molar-refractivity contribution in [2.75, 3.05) is 6.54 Å². The van der Waals surface area contributed by atoms with Crippen molar-refractivity contribution in [2.24, 2.45) is 16.0 Å². The molecule has 28 heavy (non-hydrogen) atoms. The fourth-order valence-corrected chi connectivity index (χ4v) is 3.30. The highest BCUT2D eigenvalue weighted by atomic mass is 32.2. The van der Waals surface area contributed by atoms with Gasteiger partial charge in [0.05, 0.1) is 4.90 Å². The molecular formula is C18H18N4O5S. The van der Waals surface area contributed by atoms with Gasteiger partial charge in [0.25, 0.3) is 11.8 Å². The summed E-state index contributed by atoms with van der Waals surface area (Å²) in [5.74, 6) is -3.49. The van der Waals surface area contributed by atoms with Crippen molar-refractivity contribution in [3.8, 4) is 0 Å². The lowest BCUT2D eigenvalue weighted by molar-refractivity contribution is -0.144. The molecule has 0 spiro atoms. The highest BCUT2D eigenvalue weighted by molar-refractivity contribution is 7.89. The minimum Gasteiger partial charge on any atom is -0.355 e. The molecule has 1 aromatic rings. The van der Waals surface area contributed by atoms with E-state index in [9.17, 15) is 22.8 Å². The zero-order chi connectivity index (χ0) is 20.5. The number of amidine groups is 1. The average Bonchev–Trinajstić information content (AvgIpc) is 2.61. The molecular weight excluding hydrogens is 384 g/mol. The molecule has 0 saturated heterocycles. The second kappa shape index (κ2) is 7.49. The van der Waals surface area contributed by atoms with Crippen LogP contribution in [0.3, 0.4) is 0 Å². The van der Waals surface area contributed by atoms with Crippen LogP contribution in [0.4, 0.5) is 0 Å². The third-order valence-corrected chi connectivity index (χ3v) is 5.20. The van der Waals surface area contributed by atoms with Crippen LogP contribution in [0.2, 0.25) is 0 Å². The molecule has 0 aromatic heterocycles. The van der Waals surface area contributed by atoms with Crippen LogP contribution in [0.1, 0.15) is 12.5 Å². The van der Waals surface area contributed by atoms with E-state index in [1.54, 1.807) is 31.2 Å². The molecule has 3 amide bonds. The summed E-state index contributed by atoms with van der Waals surface area (Å²) in [6.07, 6.45) is 5.14. The smallest absolute Gasteiger partial charge is 0.269 e. The number of rotatable bonds is 5. The molecule has 0 fully saturated rings. The van der Waals surface area contributed by atoms with Crippen molar-refractivity contribution in [3.05, 3.63) is 53.8 Å². The van der Waals surface area contributed by atoms with Gasteiger partial charge in [-0.25, -0.2) is 13.6 Å². The maximum Gasteiger partial charge on any atom is 0.269 e. The lowest BCUT2D eigenvalue weighted by Crippen LogP contribution is -2.51. The number of aliphatic imine (C=N–C) groups is 1. The second-order valence-corrected chi connectivity index (χ2v) is 7.94. The minimum absolute atomic E-state index is 0.00813. The first-order valence-corrected chi connectivity index (χ1v) is 9.93. The van der Waals surface area contributed by atoms with Crippen molar-refractivity contribution in [1.29, 1.82) is 0 Å². The van der Waals surface area contributed by atoms with Gasteiger partial charge < -0.3 is 5.32 Å². The van der Waals surface area contributed by atoms with Crippen molar-refractivity contribution in [2.45, 2.75) is 18.2 Å². The molecule has 1 unspecified atom stereocenters. The van der Waals surface area contributed by atoms with E-state index in [1.165, 1.54) is 23.2 Å². The summed E-state index contributed by atoms with van der Waals surface area (Å²) < 4.78 is 22.5. The highest BCUT2D eigenvalue weighted by Gasteiger charge is 2.41. The van der Waals surface area contributed by atoms with Gasteiger partial charge in [-0.3, -0.25) is 19.3 Å². The lowest BCUT2D eigenvalue weighted by Gasteiger charge is -2.28. The Morgan fingerprint density at radius 3 is 2.57 bits per heavy atom. The van der Waals surface area contributed by atoms with E-state index in [1.807, 2.05) is 0 Å². The molecule has 0 saturated carbocycles. The Labute approximate surface area is 161 Å². The van der Waals surface area contributed by atoms with Gasteiger partial charge in [-0.1, -0.05) is 12.1 Å². The number of nitrogens with one attached hydrogen (secondary N) is 1. The standard InChI is InChI=1S/C18H18N4O5S/c1-11-7-9-22-14(10-11)21-17(24)15(18(22)25)16(23)20-8-6-12-2-4-13(5-3-12)28(19,26)27/h2-5,7,9-10,15H,6,8H2,1H3,(H,20,23)(H2,19,26,27). The summed E-state index contributed by atoms with van der Waals surface area (Å²) >= 11 is 0. The van der Waals surface area contributed by atoms with Gasteiger partial charge in [0.2, 0.25) is 15.9 Å². The van der Waals surface area contributed by atoms with E-state index in [4.69, 9.17) is 5.14 Å². The molecule has 9 nitrogen and oxygen atoms in total. The molecule has 146 valence electrons. The maximum absolute atomic E-state index is 12.5. The summed E-state index contributed by atoms with van der Waals surface area (Å²) in [5.41, 5.74) is 1.60. The zero-order valence-corrected chi connectivity index (χ0v) is 15.8. The Morgan fingerprint density at radius 1 is 1.25 bits per heavy atom. The molecule has 0 radical (unpaired) electrons. The Kier molecular flexibility index (Phi) is 5.25. The number of sulfonamides is 1. The number of hydrogen-bond acceptors (Lipinski definition) is 5. The van der Waals surface area contributed by atoms with E-state index >= 15 is 0 Å². The molecule has 1 aromatic carbocycles. The largest absolute Gasteiger partial charge is 0.355 e. The Balaban J connectivity index is 1.62. The first-order valence-electron chi connectivity index (χ1n) is 8.38. The minimum atomic E-state index is -3.76. The monoisotopic (exact) mass is 402 g/mol. The Morgan fingerprint density at radius 2 is 1.93 bits per heavy atom. The number of carbonyl (C=O) groups excluding carboxylic acids is 3. The number of carbonyl (C=O) groups is 3. The van der Waals surface area contributed by atoms with E-state index in [0.29, 0.717) is 6.42 Å². The van der Waals surface area contributed by atoms with E-state index in [0.717, 1.165) is 11.1 Å². The maximum atomic E-state index is 12.5. The van der Waals surface area contributed by atoms with Crippen LogP contribution in [0, 0.1) is 5.92 Å². The van der Waals surface area contributed by atoms with Gasteiger partial charge in [0.15, 0.2) is 5.92 Å². The van der Waals surface area contributed by atoms with Crippen LogP contribution < -0.4 is 10.5 Å². The van der Waals surface area contributed by atoms with Crippen LogP contribution >= 0.6 is 0 Å². The molecule has 3 rings (SSSR count). The first-order chi connectivity index (χ1) is 13.2. The van der Waals surface area contributed by atoms with Crippen LogP contribution in [-0.2, 0) is 30.8 Å².